The Morgan fingerprint density at radius 1 is 0.944 bits per heavy atom. The zero-order valence-corrected chi connectivity index (χ0v) is 20.5. The standard InChI is InChI=1S/C28H31FN6O/c1-22-26(28(34-16-7-8-17-34)35(31-22)23-10-3-2-4-11-23)27(36)30-14-9-15-32-18-20-33(21-19-32)25-13-6-5-12-24(25)29/h2-8,10-13,16-17H,9,14-15,18-21H2,1H3,(H,30,36). The van der Waals surface area contributed by atoms with Gasteiger partial charge in [0, 0.05) is 45.1 Å². The maximum Gasteiger partial charge on any atom is 0.256 e. The number of halogens is 1. The van der Waals surface area contributed by atoms with E-state index in [1.54, 1.807) is 6.07 Å². The second-order valence-electron chi connectivity index (χ2n) is 9.01. The summed E-state index contributed by atoms with van der Waals surface area (Å²) in [5, 5.41) is 7.79. The summed E-state index contributed by atoms with van der Waals surface area (Å²) in [6, 6.07) is 20.7. The van der Waals surface area contributed by atoms with Crippen LogP contribution in [-0.4, -0.2) is 64.4 Å². The largest absolute Gasteiger partial charge is 0.367 e. The van der Waals surface area contributed by atoms with Crippen LogP contribution in [0.2, 0.25) is 0 Å². The number of aromatic nitrogens is 3. The van der Waals surface area contributed by atoms with Crippen LogP contribution >= 0.6 is 0 Å². The van der Waals surface area contributed by atoms with Gasteiger partial charge in [0.25, 0.3) is 5.91 Å². The van der Waals surface area contributed by atoms with Gasteiger partial charge in [-0.1, -0.05) is 30.3 Å². The molecule has 1 aliphatic heterocycles. The van der Waals surface area contributed by atoms with Gasteiger partial charge in [0.2, 0.25) is 0 Å². The van der Waals surface area contributed by atoms with Gasteiger partial charge in [-0.05, 0) is 56.3 Å². The fourth-order valence-electron chi connectivity index (χ4n) is 4.76. The van der Waals surface area contributed by atoms with E-state index in [2.05, 4.69) is 15.1 Å². The predicted molar refractivity (Wildman–Crippen MR) is 140 cm³/mol. The highest BCUT2D eigenvalue weighted by atomic mass is 19.1. The molecule has 1 aliphatic rings. The van der Waals surface area contributed by atoms with Gasteiger partial charge in [0.15, 0.2) is 5.82 Å². The van der Waals surface area contributed by atoms with Gasteiger partial charge in [-0.2, -0.15) is 5.10 Å². The fraction of sp³-hybridized carbons (Fsp3) is 0.286. The van der Waals surface area contributed by atoms with Crippen molar-refractivity contribution in [1.29, 1.82) is 0 Å². The molecule has 0 aliphatic carbocycles. The van der Waals surface area contributed by atoms with Crippen LogP contribution in [-0.2, 0) is 0 Å². The van der Waals surface area contributed by atoms with Crippen molar-refractivity contribution in [3.05, 3.63) is 96.2 Å². The van der Waals surface area contributed by atoms with E-state index in [4.69, 9.17) is 5.10 Å². The number of rotatable bonds is 8. The quantitative estimate of drug-likeness (QED) is 0.382. The van der Waals surface area contributed by atoms with Gasteiger partial charge < -0.3 is 14.8 Å². The number of carbonyl (C=O) groups is 1. The Balaban J connectivity index is 1.19. The lowest BCUT2D eigenvalue weighted by Crippen LogP contribution is -2.47. The molecule has 1 saturated heterocycles. The van der Waals surface area contributed by atoms with E-state index in [-0.39, 0.29) is 11.7 Å². The average molecular weight is 487 g/mol. The van der Waals surface area contributed by atoms with Crippen LogP contribution in [0, 0.1) is 12.7 Å². The van der Waals surface area contributed by atoms with E-state index < -0.39 is 0 Å². The molecule has 4 aromatic rings. The first kappa shape index (κ1) is 23.8. The van der Waals surface area contributed by atoms with E-state index in [1.807, 2.05) is 83.2 Å². The summed E-state index contributed by atoms with van der Waals surface area (Å²) in [6.07, 6.45) is 4.69. The third kappa shape index (κ3) is 5.04. The molecule has 2 aromatic heterocycles. The maximum absolute atomic E-state index is 14.1. The molecule has 5 rings (SSSR count). The van der Waals surface area contributed by atoms with Crippen LogP contribution in [0.5, 0.6) is 0 Å². The van der Waals surface area contributed by atoms with Crippen LogP contribution in [0.15, 0.2) is 79.1 Å². The Hall–Kier alpha value is -3.91. The minimum Gasteiger partial charge on any atom is -0.367 e. The van der Waals surface area contributed by atoms with Crippen LogP contribution in [0.4, 0.5) is 10.1 Å². The summed E-state index contributed by atoms with van der Waals surface area (Å²) in [5.41, 5.74) is 2.84. The van der Waals surface area contributed by atoms with Crippen molar-refractivity contribution in [1.82, 2.24) is 24.6 Å². The summed E-state index contributed by atoms with van der Waals surface area (Å²) >= 11 is 0. The molecule has 8 heteroatoms. The zero-order chi connectivity index (χ0) is 24.9. The normalized spacial score (nSPS) is 14.2. The van der Waals surface area contributed by atoms with Gasteiger partial charge in [0.05, 0.1) is 17.1 Å². The molecular formula is C28H31FN6O. The third-order valence-electron chi connectivity index (χ3n) is 6.61. The molecule has 186 valence electrons. The van der Waals surface area contributed by atoms with E-state index in [0.29, 0.717) is 23.5 Å². The van der Waals surface area contributed by atoms with Crippen molar-refractivity contribution in [2.45, 2.75) is 13.3 Å². The molecule has 36 heavy (non-hydrogen) atoms. The molecule has 0 spiro atoms. The van der Waals surface area contributed by atoms with Gasteiger partial charge in [-0.25, -0.2) is 9.07 Å². The average Bonchev–Trinajstić information content (AvgIpc) is 3.55. The summed E-state index contributed by atoms with van der Waals surface area (Å²) in [7, 11) is 0. The second-order valence-corrected chi connectivity index (χ2v) is 9.01. The molecule has 1 fully saturated rings. The number of para-hydroxylation sites is 2. The Morgan fingerprint density at radius 2 is 1.64 bits per heavy atom. The first-order chi connectivity index (χ1) is 17.6. The molecule has 2 aromatic carbocycles. The van der Waals surface area contributed by atoms with Gasteiger partial charge in [-0.15, -0.1) is 0 Å². The van der Waals surface area contributed by atoms with Crippen LogP contribution in [0.3, 0.4) is 0 Å². The minimum atomic E-state index is -0.168. The molecule has 0 saturated carbocycles. The number of anilines is 1. The number of amides is 1. The van der Waals surface area contributed by atoms with E-state index in [0.717, 1.165) is 50.6 Å². The summed E-state index contributed by atoms with van der Waals surface area (Å²) < 4.78 is 17.8. The van der Waals surface area contributed by atoms with E-state index in [1.165, 1.54) is 6.07 Å². The SMILES string of the molecule is Cc1nn(-c2ccccc2)c(-n2cccc2)c1C(=O)NCCCN1CCN(c2ccccc2F)CC1. The van der Waals surface area contributed by atoms with Crippen LogP contribution in [0.1, 0.15) is 22.5 Å². The number of hydrogen-bond acceptors (Lipinski definition) is 4. The number of nitrogens with zero attached hydrogens (tertiary/aromatic N) is 5. The lowest BCUT2D eigenvalue weighted by atomic mass is 10.2. The highest BCUT2D eigenvalue weighted by Crippen LogP contribution is 2.23. The monoisotopic (exact) mass is 486 g/mol. The van der Waals surface area contributed by atoms with E-state index in [9.17, 15) is 9.18 Å². The summed E-state index contributed by atoms with van der Waals surface area (Å²) in [4.78, 5) is 17.7. The lowest BCUT2D eigenvalue weighted by molar-refractivity contribution is 0.0951. The molecule has 0 bridgehead atoms. The van der Waals surface area contributed by atoms with Crippen molar-refractivity contribution in [2.75, 3.05) is 44.2 Å². The smallest absolute Gasteiger partial charge is 0.256 e. The molecular weight excluding hydrogens is 455 g/mol. The minimum absolute atomic E-state index is 0.122. The molecule has 0 radical (unpaired) electrons. The Kier molecular flexibility index (Phi) is 7.13. The molecule has 0 unspecified atom stereocenters. The molecule has 7 nitrogen and oxygen atoms in total. The number of nitrogens with one attached hydrogen (secondary N) is 1. The first-order valence-corrected chi connectivity index (χ1v) is 12.4. The maximum atomic E-state index is 14.1. The molecule has 1 amide bonds. The van der Waals surface area contributed by atoms with Gasteiger partial charge in [-0.3, -0.25) is 9.69 Å². The number of benzene rings is 2. The van der Waals surface area contributed by atoms with Gasteiger partial charge in [0.1, 0.15) is 11.4 Å². The lowest BCUT2D eigenvalue weighted by Gasteiger charge is -2.36. The second kappa shape index (κ2) is 10.8. The zero-order valence-electron chi connectivity index (χ0n) is 20.5. The van der Waals surface area contributed by atoms with Gasteiger partial charge >= 0.3 is 0 Å². The van der Waals surface area contributed by atoms with Crippen molar-refractivity contribution in [3.63, 3.8) is 0 Å². The summed E-state index contributed by atoms with van der Waals surface area (Å²) in [5.74, 6) is 0.437. The third-order valence-corrected chi connectivity index (χ3v) is 6.61. The highest BCUT2D eigenvalue weighted by molar-refractivity contribution is 5.98. The number of carbonyl (C=O) groups excluding carboxylic acids is 1. The van der Waals surface area contributed by atoms with Crippen LogP contribution in [0.25, 0.3) is 11.5 Å². The first-order valence-electron chi connectivity index (χ1n) is 12.4. The predicted octanol–water partition coefficient (Wildman–Crippen LogP) is 4.05. The number of hydrogen-bond donors (Lipinski definition) is 1. The van der Waals surface area contributed by atoms with Crippen LogP contribution < -0.4 is 10.2 Å². The van der Waals surface area contributed by atoms with Crippen molar-refractivity contribution in [3.8, 4) is 11.5 Å². The van der Waals surface area contributed by atoms with Crippen molar-refractivity contribution < 1.29 is 9.18 Å². The number of piperazine rings is 1. The summed E-state index contributed by atoms with van der Waals surface area (Å²) in [6.45, 7) is 6.69. The van der Waals surface area contributed by atoms with Crippen molar-refractivity contribution >= 4 is 11.6 Å². The van der Waals surface area contributed by atoms with Crippen molar-refractivity contribution in [2.24, 2.45) is 0 Å². The fourth-order valence-corrected chi connectivity index (χ4v) is 4.76. The molecule has 0 atom stereocenters. The Morgan fingerprint density at radius 3 is 2.36 bits per heavy atom. The topological polar surface area (TPSA) is 58.3 Å². The molecule has 3 heterocycles. The highest BCUT2D eigenvalue weighted by Gasteiger charge is 2.24. The van der Waals surface area contributed by atoms with E-state index >= 15 is 0 Å². The number of aryl methyl sites for hydroxylation is 1. The Labute approximate surface area is 210 Å². The Bertz CT molecular complexity index is 1290. The molecule has 1 N–H and O–H groups in total.